The molecule has 1 heterocycles. The van der Waals surface area contributed by atoms with E-state index in [2.05, 4.69) is 15.3 Å². The highest BCUT2D eigenvalue weighted by atomic mass is 35.5. The topological polar surface area (TPSA) is 81.0 Å². The van der Waals surface area contributed by atoms with Crippen molar-refractivity contribution in [3.05, 3.63) is 15.3 Å². The van der Waals surface area contributed by atoms with E-state index in [9.17, 15) is 10.1 Å². The van der Waals surface area contributed by atoms with E-state index in [0.29, 0.717) is 5.16 Å². The van der Waals surface area contributed by atoms with Crippen LogP contribution in [-0.2, 0) is 0 Å². The predicted octanol–water partition coefficient (Wildman–Crippen LogP) is 3.36. The average molecular weight is 291 g/mol. The summed E-state index contributed by atoms with van der Waals surface area (Å²) in [5.41, 5.74) is -0.263. The second kappa shape index (κ2) is 6.75. The van der Waals surface area contributed by atoms with E-state index < -0.39 is 4.92 Å². The monoisotopic (exact) mass is 290 g/mol. The van der Waals surface area contributed by atoms with Gasteiger partial charge in [0.05, 0.1) is 4.92 Å². The minimum Gasteiger partial charge on any atom is -0.361 e. The first-order chi connectivity index (χ1) is 8.53. The van der Waals surface area contributed by atoms with Gasteiger partial charge in [-0.15, -0.1) is 0 Å². The normalized spacial score (nSPS) is 10.7. The molecule has 0 atom stereocenters. The molecule has 1 rings (SSSR count). The van der Waals surface area contributed by atoms with Crippen LogP contribution in [0, 0.1) is 10.1 Å². The SMILES string of the molecule is CCC(CC)Nc1nc(SC)nc(Cl)c1[N+](=O)[O-]. The van der Waals surface area contributed by atoms with Crippen molar-refractivity contribution < 1.29 is 4.92 Å². The Labute approximate surface area is 115 Å². The van der Waals surface area contributed by atoms with Crippen LogP contribution in [0.15, 0.2) is 5.16 Å². The molecule has 0 radical (unpaired) electrons. The van der Waals surface area contributed by atoms with Crippen molar-refractivity contribution in [1.82, 2.24) is 9.97 Å². The van der Waals surface area contributed by atoms with Crippen LogP contribution in [0.4, 0.5) is 11.5 Å². The van der Waals surface area contributed by atoms with Crippen LogP contribution >= 0.6 is 23.4 Å². The third-order valence-electron chi connectivity index (χ3n) is 2.51. The number of thioether (sulfide) groups is 1. The summed E-state index contributed by atoms with van der Waals surface area (Å²) in [5, 5.41) is 14.3. The summed E-state index contributed by atoms with van der Waals surface area (Å²) >= 11 is 7.12. The van der Waals surface area contributed by atoms with Crippen molar-refractivity contribution >= 4 is 34.9 Å². The third kappa shape index (κ3) is 3.46. The van der Waals surface area contributed by atoms with E-state index in [-0.39, 0.29) is 22.7 Å². The number of nitro groups is 1. The zero-order valence-electron chi connectivity index (χ0n) is 10.4. The average Bonchev–Trinajstić information content (AvgIpc) is 2.34. The van der Waals surface area contributed by atoms with E-state index in [1.165, 1.54) is 11.8 Å². The number of hydrogen-bond acceptors (Lipinski definition) is 6. The standard InChI is InChI=1S/C10H15ClN4O2S/c1-4-6(5-2)12-9-7(15(16)17)8(11)13-10(14-9)18-3/h6H,4-5H2,1-3H3,(H,12,13,14). The van der Waals surface area contributed by atoms with Gasteiger partial charge in [0.1, 0.15) is 0 Å². The van der Waals surface area contributed by atoms with Gasteiger partial charge in [-0.2, -0.15) is 4.98 Å². The van der Waals surface area contributed by atoms with Crippen LogP contribution in [0.5, 0.6) is 0 Å². The largest absolute Gasteiger partial charge is 0.361 e. The quantitative estimate of drug-likeness (QED) is 0.284. The van der Waals surface area contributed by atoms with Gasteiger partial charge >= 0.3 is 5.69 Å². The van der Waals surface area contributed by atoms with Crippen LogP contribution in [-0.4, -0.2) is 27.2 Å². The van der Waals surface area contributed by atoms with E-state index >= 15 is 0 Å². The first-order valence-electron chi connectivity index (χ1n) is 5.55. The Morgan fingerprint density at radius 3 is 2.50 bits per heavy atom. The van der Waals surface area contributed by atoms with Crippen molar-refractivity contribution in [3.8, 4) is 0 Å². The number of rotatable bonds is 6. The fraction of sp³-hybridized carbons (Fsp3) is 0.600. The smallest absolute Gasteiger partial charge is 0.348 e. The molecule has 0 bridgehead atoms. The Balaban J connectivity index is 3.20. The molecule has 1 aromatic rings. The van der Waals surface area contributed by atoms with E-state index in [4.69, 9.17) is 11.6 Å². The van der Waals surface area contributed by atoms with Gasteiger partial charge < -0.3 is 5.32 Å². The Morgan fingerprint density at radius 1 is 1.44 bits per heavy atom. The van der Waals surface area contributed by atoms with Gasteiger partial charge in [-0.05, 0) is 19.1 Å². The molecule has 0 aliphatic rings. The maximum absolute atomic E-state index is 11.0. The van der Waals surface area contributed by atoms with Gasteiger partial charge in [0.15, 0.2) is 5.16 Å². The van der Waals surface area contributed by atoms with Gasteiger partial charge in [-0.25, -0.2) is 4.98 Å². The lowest BCUT2D eigenvalue weighted by molar-refractivity contribution is -0.384. The summed E-state index contributed by atoms with van der Waals surface area (Å²) < 4.78 is 0. The van der Waals surface area contributed by atoms with Gasteiger partial charge in [-0.3, -0.25) is 10.1 Å². The van der Waals surface area contributed by atoms with Crippen LogP contribution < -0.4 is 5.32 Å². The first kappa shape index (κ1) is 15.0. The number of hydrogen-bond donors (Lipinski definition) is 1. The summed E-state index contributed by atoms with van der Waals surface area (Å²) in [6.07, 6.45) is 3.49. The third-order valence-corrected chi connectivity index (χ3v) is 3.32. The van der Waals surface area contributed by atoms with Crippen LogP contribution in [0.25, 0.3) is 0 Å². The van der Waals surface area contributed by atoms with Gasteiger partial charge in [-0.1, -0.05) is 37.2 Å². The zero-order valence-corrected chi connectivity index (χ0v) is 12.0. The molecule has 0 aromatic carbocycles. The van der Waals surface area contributed by atoms with Crippen LogP contribution in [0.3, 0.4) is 0 Å². The number of halogens is 1. The molecule has 1 aromatic heterocycles. The molecule has 6 nitrogen and oxygen atoms in total. The summed E-state index contributed by atoms with van der Waals surface area (Å²) in [4.78, 5) is 18.4. The maximum atomic E-state index is 11.0. The molecule has 0 saturated carbocycles. The Bertz CT molecular complexity index is 440. The number of nitrogens with one attached hydrogen (secondary N) is 1. The molecule has 100 valence electrons. The molecule has 8 heteroatoms. The molecule has 1 N–H and O–H groups in total. The van der Waals surface area contributed by atoms with E-state index in [1.807, 2.05) is 13.8 Å². The fourth-order valence-electron chi connectivity index (χ4n) is 1.45. The molecule has 0 saturated heterocycles. The van der Waals surface area contributed by atoms with Crippen molar-refractivity contribution in [2.75, 3.05) is 11.6 Å². The van der Waals surface area contributed by atoms with Crippen molar-refractivity contribution in [1.29, 1.82) is 0 Å². The highest BCUT2D eigenvalue weighted by Gasteiger charge is 2.24. The van der Waals surface area contributed by atoms with Crippen LogP contribution in [0.1, 0.15) is 26.7 Å². The summed E-state index contributed by atoms with van der Waals surface area (Å²) in [6, 6.07) is 0.129. The Morgan fingerprint density at radius 2 is 2.06 bits per heavy atom. The summed E-state index contributed by atoms with van der Waals surface area (Å²) in [6.45, 7) is 4.01. The van der Waals surface area contributed by atoms with Gasteiger partial charge in [0.2, 0.25) is 11.0 Å². The molecule has 0 fully saturated rings. The predicted molar refractivity (Wildman–Crippen MR) is 73.5 cm³/mol. The molecule has 0 aliphatic heterocycles. The van der Waals surface area contributed by atoms with Crippen molar-refractivity contribution in [3.63, 3.8) is 0 Å². The summed E-state index contributed by atoms with van der Waals surface area (Å²) in [5.74, 6) is 0.193. The minimum absolute atomic E-state index is 0.129. The highest BCUT2D eigenvalue weighted by Crippen LogP contribution is 2.32. The summed E-state index contributed by atoms with van der Waals surface area (Å²) in [7, 11) is 0. The van der Waals surface area contributed by atoms with Gasteiger partial charge in [0, 0.05) is 6.04 Å². The second-order valence-corrected chi connectivity index (χ2v) is 4.74. The second-order valence-electron chi connectivity index (χ2n) is 3.61. The molecule has 0 amide bonds. The lowest BCUT2D eigenvalue weighted by atomic mass is 10.2. The zero-order chi connectivity index (χ0) is 13.7. The van der Waals surface area contributed by atoms with Crippen LogP contribution in [0.2, 0.25) is 5.15 Å². The highest BCUT2D eigenvalue weighted by molar-refractivity contribution is 7.98. The van der Waals surface area contributed by atoms with E-state index in [0.717, 1.165) is 12.8 Å². The molecular weight excluding hydrogens is 276 g/mol. The number of nitrogens with zero attached hydrogens (tertiary/aromatic N) is 3. The molecular formula is C10H15ClN4O2S. The van der Waals surface area contributed by atoms with Crippen molar-refractivity contribution in [2.45, 2.75) is 37.9 Å². The Hall–Kier alpha value is -1.08. The Kier molecular flexibility index (Phi) is 5.61. The molecule has 0 spiro atoms. The molecule has 0 aliphatic carbocycles. The lowest BCUT2D eigenvalue weighted by Gasteiger charge is -2.15. The number of aromatic nitrogens is 2. The van der Waals surface area contributed by atoms with E-state index in [1.54, 1.807) is 6.26 Å². The van der Waals surface area contributed by atoms with Crippen molar-refractivity contribution in [2.24, 2.45) is 0 Å². The molecule has 18 heavy (non-hydrogen) atoms. The maximum Gasteiger partial charge on any atom is 0.348 e. The number of anilines is 1. The fourth-order valence-corrected chi connectivity index (χ4v) is 2.10. The minimum atomic E-state index is -0.558. The molecule has 0 unspecified atom stereocenters. The van der Waals surface area contributed by atoms with Gasteiger partial charge in [0.25, 0.3) is 0 Å². The lowest BCUT2D eigenvalue weighted by Crippen LogP contribution is -2.19. The first-order valence-corrected chi connectivity index (χ1v) is 7.16.